The first-order valence-electron chi connectivity index (χ1n) is 7.44. The Bertz CT molecular complexity index is 975. The van der Waals surface area contributed by atoms with E-state index >= 15 is 0 Å². The lowest BCUT2D eigenvalue weighted by molar-refractivity contribution is 0.600. The van der Waals surface area contributed by atoms with Crippen LogP contribution in [0.15, 0.2) is 65.3 Å². The number of halogens is 2. The molecule has 0 radical (unpaired) electrons. The molecule has 1 aromatic heterocycles. The van der Waals surface area contributed by atoms with E-state index in [4.69, 9.17) is 11.6 Å². The van der Waals surface area contributed by atoms with Gasteiger partial charge in [0.25, 0.3) is 0 Å². The van der Waals surface area contributed by atoms with Gasteiger partial charge in [-0.1, -0.05) is 60.1 Å². The summed E-state index contributed by atoms with van der Waals surface area (Å²) in [6, 6.07) is 16.4. The number of hydrogen-bond acceptors (Lipinski definition) is 3. The Morgan fingerprint density at radius 3 is 2.48 bits per heavy atom. The van der Waals surface area contributed by atoms with E-state index in [1.807, 2.05) is 24.3 Å². The fraction of sp³-hybridized carbons (Fsp3) is 0.118. The molecule has 8 heteroatoms. The second kappa shape index (κ2) is 7.59. The third kappa shape index (κ3) is 4.84. The first-order valence-corrected chi connectivity index (χ1v) is 10.3. The average molecular weight is 441 g/mol. The maximum absolute atomic E-state index is 12.3. The first-order chi connectivity index (χ1) is 11.9. The molecule has 0 amide bonds. The minimum atomic E-state index is -3.56. The molecule has 0 aliphatic rings. The molecule has 2 aromatic carbocycles. The van der Waals surface area contributed by atoms with Crippen molar-refractivity contribution in [2.75, 3.05) is 4.72 Å². The quantitative estimate of drug-likeness (QED) is 0.622. The number of hydrogen-bond donors (Lipinski definition) is 1. The number of benzene rings is 2. The minimum Gasteiger partial charge on any atom is -0.265 e. The Labute approximate surface area is 159 Å². The van der Waals surface area contributed by atoms with Crippen LogP contribution < -0.4 is 4.72 Å². The molecule has 130 valence electrons. The number of sulfonamides is 1. The molecular weight excluding hydrogens is 426 g/mol. The SMILES string of the molecule is O=S(=O)(Cc1ccccc1)Nc1nn(Cc2ccccc2Cl)cc1Br. The van der Waals surface area contributed by atoms with E-state index in [-0.39, 0.29) is 11.6 Å². The predicted octanol–water partition coefficient (Wildman–Crippen LogP) is 4.29. The van der Waals surface area contributed by atoms with Crippen LogP contribution >= 0.6 is 27.5 Å². The van der Waals surface area contributed by atoms with Crippen LogP contribution in [0, 0.1) is 0 Å². The van der Waals surface area contributed by atoms with Gasteiger partial charge in [-0.3, -0.25) is 9.40 Å². The highest BCUT2D eigenvalue weighted by Crippen LogP contribution is 2.24. The van der Waals surface area contributed by atoms with Crippen LogP contribution in [0.3, 0.4) is 0 Å². The lowest BCUT2D eigenvalue weighted by Crippen LogP contribution is -2.16. The van der Waals surface area contributed by atoms with Gasteiger partial charge >= 0.3 is 0 Å². The van der Waals surface area contributed by atoms with Crippen molar-refractivity contribution in [1.82, 2.24) is 9.78 Å². The van der Waals surface area contributed by atoms with Gasteiger partial charge in [0.1, 0.15) is 0 Å². The summed E-state index contributed by atoms with van der Waals surface area (Å²) in [6.45, 7) is 0.443. The second-order valence-electron chi connectivity index (χ2n) is 5.46. The van der Waals surface area contributed by atoms with Crippen LogP contribution in [0.4, 0.5) is 5.82 Å². The van der Waals surface area contributed by atoms with Crippen LogP contribution in [0.5, 0.6) is 0 Å². The fourth-order valence-electron chi connectivity index (χ4n) is 2.33. The van der Waals surface area contributed by atoms with Crippen molar-refractivity contribution >= 4 is 43.4 Å². The van der Waals surface area contributed by atoms with Crippen molar-refractivity contribution in [3.63, 3.8) is 0 Å². The standard InChI is InChI=1S/C17H15BrClN3O2S/c18-15-11-22(10-14-8-4-5-9-16(14)19)20-17(15)21-25(23,24)12-13-6-2-1-3-7-13/h1-9,11H,10,12H2,(H,20,21). The zero-order valence-electron chi connectivity index (χ0n) is 13.1. The topological polar surface area (TPSA) is 64.0 Å². The molecule has 0 aliphatic carbocycles. The van der Waals surface area contributed by atoms with Gasteiger partial charge in [0.05, 0.1) is 16.8 Å². The summed E-state index contributed by atoms with van der Waals surface area (Å²) in [5, 5.41) is 4.93. The van der Waals surface area contributed by atoms with Gasteiger partial charge in [0, 0.05) is 11.2 Å². The van der Waals surface area contributed by atoms with Crippen molar-refractivity contribution < 1.29 is 8.42 Å². The molecule has 1 N–H and O–H groups in total. The lowest BCUT2D eigenvalue weighted by atomic mass is 10.2. The van der Waals surface area contributed by atoms with Gasteiger partial charge in [0.2, 0.25) is 10.0 Å². The maximum atomic E-state index is 12.3. The van der Waals surface area contributed by atoms with Gasteiger partial charge in [-0.2, -0.15) is 5.10 Å². The van der Waals surface area contributed by atoms with E-state index in [0.717, 1.165) is 5.56 Å². The molecule has 0 saturated heterocycles. The Morgan fingerprint density at radius 2 is 1.76 bits per heavy atom. The Balaban J connectivity index is 1.75. The van der Waals surface area contributed by atoms with E-state index < -0.39 is 10.0 Å². The molecule has 0 fully saturated rings. The van der Waals surface area contributed by atoms with Crippen molar-refractivity contribution in [2.45, 2.75) is 12.3 Å². The zero-order chi connectivity index (χ0) is 17.9. The Kier molecular flexibility index (Phi) is 5.46. The highest BCUT2D eigenvalue weighted by atomic mass is 79.9. The highest BCUT2D eigenvalue weighted by molar-refractivity contribution is 9.10. The maximum Gasteiger partial charge on any atom is 0.238 e. The summed E-state index contributed by atoms with van der Waals surface area (Å²) in [6.07, 6.45) is 1.71. The van der Waals surface area contributed by atoms with E-state index in [1.165, 1.54) is 0 Å². The Hall–Kier alpha value is -1.83. The number of nitrogens with one attached hydrogen (secondary N) is 1. The van der Waals surface area contributed by atoms with Crippen LogP contribution in [0.1, 0.15) is 11.1 Å². The third-order valence-corrected chi connectivity index (χ3v) is 5.63. The van der Waals surface area contributed by atoms with Gasteiger partial charge < -0.3 is 0 Å². The first kappa shape index (κ1) is 18.0. The van der Waals surface area contributed by atoms with Crippen molar-refractivity contribution in [1.29, 1.82) is 0 Å². The second-order valence-corrected chi connectivity index (χ2v) is 8.45. The summed E-state index contributed by atoms with van der Waals surface area (Å²) in [7, 11) is -3.56. The molecular formula is C17H15BrClN3O2S. The average Bonchev–Trinajstić information content (AvgIpc) is 2.89. The molecule has 0 spiro atoms. The van der Waals surface area contributed by atoms with E-state index in [1.54, 1.807) is 41.2 Å². The molecule has 3 aromatic rings. The lowest BCUT2D eigenvalue weighted by Gasteiger charge is -2.06. The van der Waals surface area contributed by atoms with E-state index in [2.05, 4.69) is 25.8 Å². The number of rotatable bonds is 6. The molecule has 5 nitrogen and oxygen atoms in total. The summed E-state index contributed by atoms with van der Waals surface area (Å²) in [4.78, 5) is 0. The number of nitrogens with zero attached hydrogens (tertiary/aromatic N) is 2. The summed E-state index contributed by atoms with van der Waals surface area (Å²) in [5.74, 6) is 0.139. The molecule has 0 atom stereocenters. The zero-order valence-corrected chi connectivity index (χ0v) is 16.2. The van der Waals surface area contributed by atoms with Crippen LogP contribution in [-0.4, -0.2) is 18.2 Å². The van der Waals surface area contributed by atoms with Gasteiger partial charge in [0.15, 0.2) is 5.82 Å². The van der Waals surface area contributed by atoms with Crippen LogP contribution in [0.2, 0.25) is 5.02 Å². The largest absolute Gasteiger partial charge is 0.265 e. The molecule has 0 unspecified atom stereocenters. The molecule has 25 heavy (non-hydrogen) atoms. The van der Waals surface area contributed by atoms with Crippen molar-refractivity contribution in [3.05, 3.63) is 81.4 Å². The smallest absolute Gasteiger partial charge is 0.238 e. The normalized spacial score (nSPS) is 11.4. The molecule has 3 rings (SSSR count). The van der Waals surface area contributed by atoms with E-state index in [0.29, 0.717) is 21.6 Å². The van der Waals surface area contributed by atoms with Crippen LogP contribution in [0.25, 0.3) is 0 Å². The molecule has 0 saturated carbocycles. The van der Waals surface area contributed by atoms with E-state index in [9.17, 15) is 8.42 Å². The Morgan fingerprint density at radius 1 is 1.08 bits per heavy atom. The monoisotopic (exact) mass is 439 g/mol. The van der Waals surface area contributed by atoms with Crippen molar-refractivity contribution in [3.8, 4) is 0 Å². The van der Waals surface area contributed by atoms with Crippen LogP contribution in [-0.2, 0) is 22.3 Å². The summed E-state index contributed by atoms with van der Waals surface area (Å²) >= 11 is 9.50. The summed E-state index contributed by atoms with van der Waals surface area (Å²) in [5.41, 5.74) is 1.61. The van der Waals surface area contributed by atoms with Gasteiger partial charge in [-0.25, -0.2) is 8.42 Å². The molecule has 1 heterocycles. The number of aromatic nitrogens is 2. The van der Waals surface area contributed by atoms with Gasteiger partial charge in [-0.15, -0.1) is 0 Å². The summed E-state index contributed by atoms with van der Waals surface area (Å²) < 4.78 is 29.4. The highest BCUT2D eigenvalue weighted by Gasteiger charge is 2.16. The molecule has 0 bridgehead atoms. The van der Waals surface area contributed by atoms with Crippen molar-refractivity contribution in [2.24, 2.45) is 0 Å². The fourth-order valence-corrected chi connectivity index (χ4v) is 4.22. The predicted molar refractivity (Wildman–Crippen MR) is 103 cm³/mol. The van der Waals surface area contributed by atoms with Gasteiger partial charge in [-0.05, 0) is 33.1 Å². The number of anilines is 1. The minimum absolute atomic E-state index is 0.113. The molecule has 0 aliphatic heterocycles. The third-order valence-electron chi connectivity index (χ3n) is 3.46.